The van der Waals surface area contributed by atoms with Gasteiger partial charge in [-0.1, -0.05) is 12.1 Å². The lowest BCUT2D eigenvalue weighted by molar-refractivity contribution is -0.131. The fraction of sp³-hybridized carbons (Fsp3) is 0.471. The molecule has 1 saturated heterocycles. The Hall–Kier alpha value is -2.21. The van der Waals surface area contributed by atoms with Gasteiger partial charge in [0, 0.05) is 20.1 Å². The third-order valence-electron chi connectivity index (χ3n) is 4.18. The SMILES string of the molecule is CN(Cc1nc2ccccc2c(=O)[nH]1)C(=O)CC[C@H]1CCCO1. The van der Waals surface area contributed by atoms with Crippen LogP contribution in [0.1, 0.15) is 31.5 Å². The van der Waals surface area contributed by atoms with Gasteiger partial charge >= 0.3 is 0 Å². The standard InChI is InChI=1S/C17H21N3O3/c1-20(16(21)9-8-12-5-4-10-23-12)11-15-18-14-7-3-2-6-13(14)17(22)19-15/h2-3,6-7,12H,4-5,8-11H2,1H3,(H,18,19,22)/t12-/m1/s1. The lowest BCUT2D eigenvalue weighted by Crippen LogP contribution is -2.29. The van der Waals surface area contributed by atoms with E-state index in [4.69, 9.17) is 4.74 Å². The first kappa shape index (κ1) is 15.7. The van der Waals surface area contributed by atoms with Crippen LogP contribution in [0.15, 0.2) is 29.1 Å². The molecule has 2 aromatic rings. The summed E-state index contributed by atoms with van der Waals surface area (Å²) in [4.78, 5) is 33.0. The van der Waals surface area contributed by atoms with Gasteiger partial charge in [0.1, 0.15) is 5.82 Å². The van der Waals surface area contributed by atoms with Crippen LogP contribution in [0.25, 0.3) is 10.9 Å². The molecule has 23 heavy (non-hydrogen) atoms. The van der Waals surface area contributed by atoms with Crippen LogP contribution >= 0.6 is 0 Å². The molecule has 1 aliphatic heterocycles. The Morgan fingerprint density at radius 2 is 2.26 bits per heavy atom. The topological polar surface area (TPSA) is 75.3 Å². The van der Waals surface area contributed by atoms with E-state index in [9.17, 15) is 9.59 Å². The summed E-state index contributed by atoms with van der Waals surface area (Å²) < 4.78 is 5.53. The second-order valence-electron chi connectivity index (χ2n) is 5.95. The number of aromatic nitrogens is 2. The van der Waals surface area contributed by atoms with E-state index in [1.807, 2.05) is 6.07 Å². The summed E-state index contributed by atoms with van der Waals surface area (Å²) in [5, 5.41) is 0.559. The number of hydrogen-bond acceptors (Lipinski definition) is 4. The van der Waals surface area contributed by atoms with Gasteiger partial charge < -0.3 is 14.6 Å². The van der Waals surface area contributed by atoms with Crippen LogP contribution in [0.4, 0.5) is 0 Å². The highest BCUT2D eigenvalue weighted by molar-refractivity contribution is 5.77. The molecule has 0 aliphatic carbocycles. The lowest BCUT2D eigenvalue weighted by atomic mass is 10.1. The molecule has 1 aromatic carbocycles. The van der Waals surface area contributed by atoms with E-state index in [2.05, 4.69) is 9.97 Å². The first-order chi connectivity index (χ1) is 11.1. The smallest absolute Gasteiger partial charge is 0.258 e. The Balaban J connectivity index is 1.63. The molecule has 0 saturated carbocycles. The molecule has 0 spiro atoms. The minimum atomic E-state index is -0.175. The maximum atomic E-state index is 12.2. The Morgan fingerprint density at radius 1 is 1.43 bits per heavy atom. The molecule has 1 aromatic heterocycles. The molecule has 1 amide bonds. The van der Waals surface area contributed by atoms with Gasteiger partial charge in [0.25, 0.3) is 5.56 Å². The van der Waals surface area contributed by atoms with Crippen molar-refractivity contribution in [2.24, 2.45) is 0 Å². The van der Waals surface area contributed by atoms with Crippen molar-refractivity contribution in [1.82, 2.24) is 14.9 Å². The number of rotatable bonds is 5. The number of aromatic amines is 1. The van der Waals surface area contributed by atoms with E-state index in [-0.39, 0.29) is 17.6 Å². The second kappa shape index (κ2) is 6.91. The number of nitrogens with one attached hydrogen (secondary N) is 1. The maximum Gasteiger partial charge on any atom is 0.258 e. The quantitative estimate of drug-likeness (QED) is 0.913. The molecule has 6 nitrogen and oxygen atoms in total. The Kier molecular flexibility index (Phi) is 4.71. The predicted octanol–water partition coefficient (Wildman–Crippen LogP) is 1.84. The summed E-state index contributed by atoms with van der Waals surface area (Å²) in [5.41, 5.74) is 0.470. The summed E-state index contributed by atoms with van der Waals surface area (Å²) in [5.74, 6) is 0.540. The zero-order valence-corrected chi connectivity index (χ0v) is 13.2. The summed E-state index contributed by atoms with van der Waals surface area (Å²) in [7, 11) is 1.73. The van der Waals surface area contributed by atoms with Gasteiger partial charge in [-0.3, -0.25) is 9.59 Å². The Morgan fingerprint density at radius 3 is 3.04 bits per heavy atom. The monoisotopic (exact) mass is 315 g/mol. The molecule has 0 radical (unpaired) electrons. The van der Waals surface area contributed by atoms with Gasteiger partial charge in [0.2, 0.25) is 5.91 Å². The molecule has 122 valence electrons. The van der Waals surface area contributed by atoms with Crippen molar-refractivity contribution >= 4 is 16.8 Å². The molecule has 0 bridgehead atoms. The molecule has 0 unspecified atom stereocenters. The fourth-order valence-electron chi connectivity index (χ4n) is 2.87. The molecular weight excluding hydrogens is 294 g/mol. The lowest BCUT2D eigenvalue weighted by Gasteiger charge is -2.17. The first-order valence-corrected chi connectivity index (χ1v) is 7.97. The van der Waals surface area contributed by atoms with Crippen molar-refractivity contribution in [3.05, 3.63) is 40.4 Å². The van der Waals surface area contributed by atoms with Gasteiger partial charge in [0.05, 0.1) is 23.6 Å². The normalized spacial score (nSPS) is 17.5. The Bertz CT molecular complexity index is 750. The predicted molar refractivity (Wildman–Crippen MR) is 87.0 cm³/mol. The molecule has 1 aliphatic rings. The Labute approximate surface area is 134 Å². The van der Waals surface area contributed by atoms with Crippen molar-refractivity contribution in [2.75, 3.05) is 13.7 Å². The van der Waals surface area contributed by atoms with E-state index >= 15 is 0 Å². The van der Waals surface area contributed by atoms with Gasteiger partial charge in [-0.2, -0.15) is 0 Å². The molecule has 1 atom stereocenters. The average Bonchev–Trinajstić information content (AvgIpc) is 3.06. The number of carbonyl (C=O) groups is 1. The number of hydrogen-bond donors (Lipinski definition) is 1. The van der Waals surface area contributed by atoms with Crippen LogP contribution < -0.4 is 5.56 Å². The molecule has 6 heteroatoms. The number of amides is 1. The third kappa shape index (κ3) is 3.76. The van der Waals surface area contributed by atoms with Gasteiger partial charge in [-0.15, -0.1) is 0 Å². The number of benzene rings is 1. The van der Waals surface area contributed by atoms with Crippen molar-refractivity contribution in [1.29, 1.82) is 0 Å². The number of ether oxygens (including phenoxy) is 1. The van der Waals surface area contributed by atoms with Crippen molar-refractivity contribution < 1.29 is 9.53 Å². The average molecular weight is 315 g/mol. The van der Waals surface area contributed by atoms with Crippen molar-refractivity contribution in [2.45, 2.75) is 38.3 Å². The van der Waals surface area contributed by atoms with Crippen LogP contribution in [0.5, 0.6) is 0 Å². The summed E-state index contributed by atoms with van der Waals surface area (Å²) >= 11 is 0. The highest BCUT2D eigenvalue weighted by Crippen LogP contribution is 2.17. The summed E-state index contributed by atoms with van der Waals surface area (Å²) in [6.45, 7) is 1.10. The molecule has 2 heterocycles. The van der Waals surface area contributed by atoms with Gasteiger partial charge in [-0.25, -0.2) is 4.98 Å². The number of para-hydroxylation sites is 1. The van der Waals surface area contributed by atoms with Crippen molar-refractivity contribution in [3.63, 3.8) is 0 Å². The van der Waals surface area contributed by atoms with E-state index < -0.39 is 0 Å². The van der Waals surface area contributed by atoms with E-state index in [1.54, 1.807) is 30.1 Å². The highest BCUT2D eigenvalue weighted by Gasteiger charge is 2.18. The summed E-state index contributed by atoms with van der Waals surface area (Å²) in [6.07, 6.45) is 3.54. The van der Waals surface area contributed by atoms with E-state index in [0.717, 1.165) is 25.9 Å². The number of H-pyrrole nitrogens is 1. The third-order valence-corrected chi connectivity index (χ3v) is 4.18. The van der Waals surface area contributed by atoms with Crippen LogP contribution in [-0.2, 0) is 16.1 Å². The maximum absolute atomic E-state index is 12.2. The zero-order valence-electron chi connectivity index (χ0n) is 13.2. The molecule has 3 rings (SSSR count). The minimum Gasteiger partial charge on any atom is -0.378 e. The second-order valence-corrected chi connectivity index (χ2v) is 5.95. The van der Waals surface area contributed by atoms with E-state index in [0.29, 0.717) is 29.7 Å². The van der Waals surface area contributed by atoms with Crippen LogP contribution in [0.2, 0.25) is 0 Å². The molecule has 1 fully saturated rings. The number of carbonyl (C=O) groups excluding carboxylic acids is 1. The number of fused-ring (bicyclic) bond motifs is 1. The fourth-order valence-corrected chi connectivity index (χ4v) is 2.87. The van der Waals surface area contributed by atoms with Gasteiger partial charge in [-0.05, 0) is 31.4 Å². The zero-order chi connectivity index (χ0) is 16.2. The van der Waals surface area contributed by atoms with Gasteiger partial charge in [0.15, 0.2) is 0 Å². The molecular formula is C17H21N3O3. The summed E-state index contributed by atoms with van der Waals surface area (Å²) in [6, 6.07) is 7.18. The minimum absolute atomic E-state index is 0.0382. The largest absolute Gasteiger partial charge is 0.378 e. The number of nitrogens with zero attached hydrogens (tertiary/aromatic N) is 2. The van der Waals surface area contributed by atoms with Crippen molar-refractivity contribution in [3.8, 4) is 0 Å². The first-order valence-electron chi connectivity index (χ1n) is 7.97. The molecule has 1 N–H and O–H groups in total. The van der Waals surface area contributed by atoms with Crippen LogP contribution in [0.3, 0.4) is 0 Å². The van der Waals surface area contributed by atoms with Crippen LogP contribution in [-0.4, -0.2) is 40.5 Å². The highest BCUT2D eigenvalue weighted by atomic mass is 16.5. The van der Waals surface area contributed by atoms with E-state index in [1.165, 1.54) is 0 Å². The van der Waals surface area contributed by atoms with Crippen LogP contribution in [0, 0.1) is 0 Å².